The lowest BCUT2D eigenvalue weighted by molar-refractivity contribution is 1.10. The molecule has 1 N–H and O–H groups in total. The van der Waals surface area contributed by atoms with Gasteiger partial charge >= 0.3 is 0 Å². The summed E-state index contributed by atoms with van der Waals surface area (Å²) in [4.78, 5) is 27.9. The van der Waals surface area contributed by atoms with Crippen LogP contribution in [0.3, 0.4) is 0 Å². The number of para-hydroxylation sites is 2. The molecule has 2 heterocycles. The molecule has 2 aromatic heterocycles. The van der Waals surface area contributed by atoms with Gasteiger partial charge in [0.2, 0.25) is 0 Å². The number of fused-ring (bicyclic) bond motifs is 2. The van der Waals surface area contributed by atoms with E-state index in [4.69, 9.17) is 0 Å². The number of rotatable bonds is 1. The number of benzene rings is 2. The van der Waals surface area contributed by atoms with E-state index < -0.39 is 0 Å². The summed E-state index contributed by atoms with van der Waals surface area (Å²) in [6.45, 7) is 0. The van der Waals surface area contributed by atoms with Gasteiger partial charge in [0, 0.05) is 11.6 Å². The third kappa shape index (κ3) is 1.95. The van der Waals surface area contributed by atoms with Crippen LogP contribution in [0.5, 0.6) is 0 Å². The van der Waals surface area contributed by atoms with E-state index in [1.54, 1.807) is 12.3 Å². The fourth-order valence-electron chi connectivity index (χ4n) is 2.29. The first-order valence-corrected chi connectivity index (χ1v) is 6.52. The van der Waals surface area contributed by atoms with Gasteiger partial charge in [0.1, 0.15) is 0 Å². The topological polar surface area (TPSA) is 71.5 Å². The third-order valence-corrected chi connectivity index (χ3v) is 3.32. The minimum atomic E-state index is -0.281. The Morgan fingerprint density at radius 2 is 1.71 bits per heavy atom. The summed E-state index contributed by atoms with van der Waals surface area (Å²) in [5.74, 6) is 0.793. The Morgan fingerprint density at radius 1 is 0.905 bits per heavy atom. The lowest BCUT2D eigenvalue weighted by Gasteiger charge is -2.03. The second kappa shape index (κ2) is 4.49. The number of aromatic nitrogens is 4. The molecule has 0 unspecified atom stereocenters. The molecule has 0 atom stereocenters. The van der Waals surface area contributed by atoms with Gasteiger partial charge < -0.3 is 4.98 Å². The Kier molecular flexibility index (Phi) is 2.50. The van der Waals surface area contributed by atoms with Crippen LogP contribution >= 0.6 is 0 Å². The highest BCUT2D eigenvalue weighted by Crippen LogP contribution is 2.16. The summed E-state index contributed by atoms with van der Waals surface area (Å²) >= 11 is 0. The van der Waals surface area contributed by atoms with Crippen LogP contribution in [0, 0.1) is 0 Å². The van der Waals surface area contributed by atoms with Crippen LogP contribution in [0.15, 0.2) is 59.5 Å². The Bertz CT molecular complexity index is 1020. The summed E-state index contributed by atoms with van der Waals surface area (Å²) in [5.41, 5.74) is 1.26. The average molecular weight is 274 g/mol. The lowest BCUT2D eigenvalue weighted by atomic mass is 10.2. The first-order valence-electron chi connectivity index (χ1n) is 6.52. The Hall–Kier alpha value is -3.08. The molecule has 2 aromatic carbocycles. The van der Waals surface area contributed by atoms with Crippen LogP contribution in [-0.4, -0.2) is 19.9 Å². The molecule has 21 heavy (non-hydrogen) atoms. The molecule has 4 aromatic rings. The van der Waals surface area contributed by atoms with Gasteiger partial charge in [0.25, 0.3) is 5.56 Å². The van der Waals surface area contributed by atoms with Gasteiger partial charge in [-0.2, -0.15) is 4.98 Å². The molecule has 0 amide bonds. The maximum Gasteiger partial charge on any atom is 0.281 e. The lowest BCUT2D eigenvalue weighted by Crippen LogP contribution is -2.10. The number of nitrogens with one attached hydrogen (secondary N) is 1. The summed E-state index contributed by atoms with van der Waals surface area (Å²) < 4.78 is 0. The third-order valence-electron chi connectivity index (χ3n) is 3.32. The van der Waals surface area contributed by atoms with Crippen molar-refractivity contribution >= 4 is 21.8 Å². The molecule has 5 heteroatoms. The van der Waals surface area contributed by atoms with Gasteiger partial charge in [-0.25, -0.2) is 9.97 Å². The molecule has 0 radical (unpaired) electrons. The zero-order chi connectivity index (χ0) is 14.2. The van der Waals surface area contributed by atoms with Crippen LogP contribution < -0.4 is 5.56 Å². The molecule has 0 bridgehead atoms. The zero-order valence-corrected chi connectivity index (χ0v) is 10.9. The van der Waals surface area contributed by atoms with Gasteiger partial charge in [-0.1, -0.05) is 30.3 Å². The predicted molar refractivity (Wildman–Crippen MR) is 80.9 cm³/mol. The Labute approximate surface area is 119 Å². The van der Waals surface area contributed by atoms with Gasteiger partial charge in [-0.3, -0.25) is 4.79 Å². The van der Waals surface area contributed by atoms with Crippen molar-refractivity contribution in [1.82, 2.24) is 19.9 Å². The van der Waals surface area contributed by atoms with E-state index in [9.17, 15) is 4.79 Å². The van der Waals surface area contributed by atoms with Crippen LogP contribution in [0.2, 0.25) is 0 Å². The van der Waals surface area contributed by atoms with E-state index in [1.165, 1.54) is 0 Å². The van der Waals surface area contributed by atoms with E-state index in [0.717, 1.165) is 16.4 Å². The van der Waals surface area contributed by atoms with Crippen molar-refractivity contribution < 1.29 is 0 Å². The highest BCUT2D eigenvalue weighted by Gasteiger charge is 2.08. The summed E-state index contributed by atoms with van der Waals surface area (Å²) in [7, 11) is 0. The highest BCUT2D eigenvalue weighted by molar-refractivity contribution is 5.81. The fourth-order valence-corrected chi connectivity index (χ4v) is 2.29. The largest absolute Gasteiger partial charge is 0.336 e. The number of aromatic amines is 1. The number of nitrogens with zero attached hydrogens (tertiary/aromatic N) is 3. The normalized spacial score (nSPS) is 11.0. The van der Waals surface area contributed by atoms with Gasteiger partial charge in [-0.15, -0.1) is 0 Å². The van der Waals surface area contributed by atoms with Crippen molar-refractivity contribution in [3.63, 3.8) is 0 Å². The molecular formula is C16H10N4O. The number of hydrogen-bond acceptors (Lipinski definition) is 4. The van der Waals surface area contributed by atoms with Gasteiger partial charge in [0.05, 0.1) is 16.4 Å². The summed E-state index contributed by atoms with van der Waals surface area (Å²) in [6.07, 6.45) is 1.73. The Morgan fingerprint density at radius 3 is 2.67 bits per heavy atom. The molecule has 0 aliphatic heterocycles. The van der Waals surface area contributed by atoms with Crippen LogP contribution in [-0.2, 0) is 0 Å². The minimum Gasteiger partial charge on any atom is -0.336 e. The van der Waals surface area contributed by atoms with Crippen LogP contribution in [0.4, 0.5) is 0 Å². The molecule has 4 rings (SSSR count). The first-order chi connectivity index (χ1) is 10.3. The second-order valence-corrected chi connectivity index (χ2v) is 4.69. The molecular weight excluding hydrogens is 264 g/mol. The molecule has 0 aliphatic rings. The quantitative estimate of drug-likeness (QED) is 0.579. The van der Waals surface area contributed by atoms with E-state index in [0.29, 0.717) is 17.0 Å². The van der Waals surface area contributed by atoms with Crippen molar-refractivity contribution in [3.05, 3.63) is 65.1 Å². The van der Waals surface area contributed by atoms with Crippen LogP contribution in [0.25, 0.3) is 33.5 Å². The summed E-state index contributed by atoms with van der Waals surface area (Å²) in [5, 5.41) is 1.51. The first kappa shape index (κ1) is 11.7. The predicted octanol–water partition coefficient (Wildman–Crippen LogP) is 2.53. The molecule has 0 spiro atoms. The maximum absolute atomic E-state index is 12.0. The molecule has 0 saturated carbocycles. The van der Waals surface area contributed by atoms with Crippen molar-refractivity contribution in [3.8, 4) is 11.6 Å². The maximum atomic E-state index is 12.0. The monoisotopic (exact) mass is 274 g/mol. The van der Waals surface area contributed by atoms with Crippen molar-refractivity contribution in [2.24, 2.45) is 0 Å². The second-order valence-electron chi connectivity index (χ2n) is 4.69. The molecule has 0 fully saturated rings. The number of hydrogen-bond donors (Lipinski definition) is 1. The SMILES string of the molecule is O=c1nc(-c2ncc3ccccc3n2)[nH]c2ccccc12. The van der Waals surface area contributed by atoms with Crippen molar-refractivity contribution in [2.45, 2.75) is 0 Å². The Balaban J connectivity index is 1.97. The summed E-state index contributed by atoms with van der Waals surface area (Å²) in [6, 6.07) is 14.9. The van der Waals surface area contributed by atoms with Crippen molar-refractivity contribution in [1.29, 1.82) is 0 Å². The van der Waals surface area contributed by atoms with E-state index in [2.05, 4.69) is 19.9 Å². The highest BCUT2D eigenvalue weighted by atomic mass is 16.1. The van der Waals surface area contributed by atoms with Crippen LogP contribution in [0.1, 0.15) is 0 Å². The van der Waals surface area contributed by atoms with E-state index in [1.807, 2.05) is 42.5 Å². The molecule has 0 saturated heterocycles. The van der Waals surface area contributed by atoms with E-state index >= 15 is 0 Å². The molecule has 5 nitrogen and oxygen atoms in total. The molecule has 100 valence electrons. The molecule has 0 aliphatic carbocycles. The van der Waals surface area contributed by atoms with Gasteiger partial charge in [0.15, 0.2) is 11.6 Å². The smallest absolute Gasteiger partial charge is 0.281 e. The standard InChI is InChI=1S/C16H10N4O/c21-16-11-6-2-4-8-13(11)19-15(20-16)14-17-9-10-5-1-3-7-12(10)18-14/h1-9H,(H,19,20,21). The zero-order valence-electron chi connectivity index (χ0n) is 10.9. The number of H-pyrrole nitrogens is 1. The fraction of sp³-hybridized carbons (Fsp3) is 0. The van der Waals surface area contributed by atoms with E-state index in [-0.39, 0.29) is 5.56 Å². The van der Waals surface area contributed by atoms with Gasteiger partial charge in [-0.05, 0) is 18.2 Å². The van der Waals surface area contributed by atoms with Crippen molar-refractivity contribution in [2.75, 3.05) is 0 Å². The minimum absolute atomic E-state index is 0.281. The average Bonchev–Trinajstić information content (AvgIpc) is 2.54.